The SMILES string of the molecule is Cc1oc(-c2ccc(C(C)(C)C)cc2)nc1CC(=O)NCc1ccccn1. The molecule has 1 N–H and O–H groups in total. The zero-order chi connectivity index (χ0) is 19.4. The molecule has 2 aromatic heterocycles. The van der Waals surface area contributed by atoms with E-state index in [9.17, 15) is 4.79 Å². The van der Waals surface area contributed by atoms with E-state index < -0.39 is 0 Å². The lowest BCUT2D eigenvalue weighted by atomic mass is 9.87. The van der Waals surface area contributed by atoms with Crippen LogP contribution in [0.15, 0.2) is 53.1 Å². The molecule has 2 heterocycles. The van der Waals surface area contributed by atoms with Gasteiger partial charge < -0.3 is 9.73 Å². The van der Waals surface area contributed by atoms with Gasteiger partial charge in [0.05, 0.1) is 24.4 Å². The molecule has 1 aromatic carbocycles. The summed E-state index contributed by atoms with van der Waals surface area (Å²) in [6.45, 7) is 8.77. The standard InChI is InChI=1S/C22H25N3O2/c1-15-19(13-20(26)24-14-18-7-5-6-12-23-18)25-21(27-15)16-8-10-17(11-9-16)22(2,3)4/h5-12H,13-14H2,1-4H3,(H,24,26). The van der Waals surface area contributed by atoms with Gasteiger partial charge in [-0.15, -0.1) is 0 Å². The Morgan fingerprint density at radius 1 is 1.11 bits per heavy atom. The van der Waals surface area contributed by atoms with E-state index in [1.807, 2.05) is 37.3 Å². The molecule has 0 unspecified atom stereocenters. The number of hydrogen-bond donors (Lipinski definition) is 1. The molecule has 0 aliphatic heterocycles. The maximum atomic E-state index is 12.2. The first-order valence-corrected chi connectivity index (χ1v) is 9.07. The maximum Gasteiger partial charge on any atom is 0.226 e. The fourth-order valence-corrected chi connectivity index (χ4v) is 2.73. The van der Waals surface area contributed by atoms with Crippen LogP contribution in [0.25, 0.3) is 11.5 Å². The van der Waals surface area contributed by atoms with Gasteiger partial charge in [0.15, 0.2) is 0 Å². The minimum atomic E-state index is -0.105. The van der Waals surface area contributed by atoms with Crippen LogP contribution in [0.3, 0.4) is 0 Å². The molecule has 0 bridgehead atoms. The van der Waals surface area contributed by atoms with Gasteiger partial charge >= 0.3 is 0 Å². The van der Waals surface area contributed by atoms with E-state index in [0.717, 1.165) is 11.3 Å². The molecular weight excluding hydrogens is 338 g/mol. The fourth-order valence-electron chi connectivity index (χ4n) is 2.73. The van der Waals surface area contributed by atoms with Crippen molar-refractivity contribution in [2.45, 2.75) is 46.1 Å². The van der Waals surface area contributed by atoms with Crippen molar-refractivity contribution >= 4 is 5.91 Å². The zero-order valence-electron chi connectivity index (χ0n) is 16.2. The van der Waals surface area contributed by atoms with E-state index >= 15 is 0 Å². The van der Waals surface area contributed by atoms with E-state index in [1.54, 1.807) is 6.20 Å². The molecule has 0 spiro atoms. The number of carbonyl (C=O) groups is 1. The summed E-state index contributed by atoms with van der Waals surface area (Å²) in [5, 5.41) is 2.86. The third-order valence-corrected chi connectivity index (χ3v) is 4.41. The summed E-state index contributed by atoms with van der Waals surface area (Å²) in [6.07, 6.45) is 1.89. The first kappa shape index (κ1) is 18.8. The van der Waals surface area contributed by atoms with Crippen molar-refractivity contribution in [2.24, 2.45) is 0 Å². The van der Waals surface area contributed by atoms with Crippen LogP contribution in [-0.2, 0) is 23.2 Å². The van der Waals surface area contributed by atoms with Crippen molar-refractivity contribution in [1.82, 2.24) is 15.3 Å². The molecule has 0 atom stereocenters. The summed E-state index contributed by atoms with van der Waals surface area (Å²) in [7, 11) is 0. The van der Waals surface area contributed by atoms with Crippen LogP contribution in [0.2, 0.25) is 0 Å². The van der Waals surface area contributed by atoms with Crippen molar-refractivity contribution < 1.29 is 9.21 Å². The molecule has 5 heteroatoms. The summed E-state index contributed by atoms with van der Waals surface area (Å²) in [4.78, 5) is 20.9. The van der Waals surface area contributed by atoms with Crippen molar-refractivity contribution in [3.05, 3.63) is 71.4 Å². The zero-order valence-corrected chi connectivity index (χ0v) is 16.2. The summed E-state index contributed by atoms with van der Waals surface area (Å²) >= 11 is 0. The predicted molar refractivity (Wildman–Crippen MR) is 105 cm³/mol. The third kappa shape index (κ3) is 4.82. The molecule has 0 aliphatic rings. The Morgan fingerprint density at radius 3 is 2.48 bits per heavy atom. The summed E-state index contributed by atoms with van der Waals surface area (Å²) in [6, 6.07) is 13.8. The Morgan fingerprint density at radius 2 is 1.85 bits per heavy atom. The van der Waals surface area contributed by atoms with E-state index in [0.29, 0.717) is 23.9 Å². The number of hydrogen-bond acceptors (Lipinski definition) is 4. The second-order valence-electron chi connectivity index (χ2n) is 7.62. The average molecular weight is 363 g/mol. The van der Waals surface area contributed by atoms with Gasteiger partial charge in [-0.25, -0.2) is 4.98 Å². The molecule has 140 valence electrons. The lowest BCUT2D eigenvalue weighted by molar-refractivity contribution is -0.120. The number of aromatic nitrogens is 2. The first-order valence-electron chi connectivity index (χ1n) is 9.07. The first-order chi connectivity index (χ1) is 12.8. The largest absolute Gasteiger partial charge is 0.441 e. The Bertz CT molecular complexity index is 907. The molecule has 0 saturated carbocycles. The molecule has 0 saturated heterocycles. The minimum absolute atomic E-state index is 0.0991. The van der Waals surface area contributed by atoms with Crippen molar-refractivity contribution in [2.75, 3.05) is 0 Å². The number of pyridine rings is 1. The van der Waals surface area contributed by atoms with Crippen LogP contribution in [-0.4, -0.2) is 15.9 Å². The highest BCUT2D eigenvalue weighted by atomic mass is 16.4. The van der Waals surface area contributed by atoms with Crippen LogP contribution in [0.4, 0.5) is 0 Å². The normalized spacial score (nSPS) is 11.4. The van der Waals surface area contributed by atoms with Gasteiger partial charge in [-0.2, -0.15) is 0 Å². The number of nitrogens with one attached hydrogen (secondary N) is 1. The molecule has 3 rings (SSSR count). The smallest absolute Gasteiger partial charge is 0.226 e. The second kappa shape index (κ2) is 7.74. The molecule has 27 heavy (non-hydrogen) atoms. The van der Waals surface area contributed by atoms with Crippen LogP contribution < -0.4 is 5.32 Å². The molecule has 0 aliphatic carbocycles. The van der Waals surface area contributed by atoms with Gasteiger partial charge in [0, 0.05) is 11.8 Å². The Balaban J connectivity index is 1.66. The summed E-state index contributed by atoms with van der Waals surface area (Å²) < 4.78 is 5.79. The number of amides is 1. The van der Waals surface area contributed by atoms with Gasteiger partial charge in [0.25, 0.3) is 0 Å². The van der Waals surface area contributed by atoms with Crippen LogP contribution >= 0.6 is 0 Å². The van der Waals surface area contributed by atoms with Gasteiger partial charge in [0.1, 0.15) is 5.76 Å². The highest BCUT2D eigenvalue weighted by Gasteiger charge is 2.17. The maximum absolute atomic E-state index is 12.2. The molecule has 3 aromatic rings. The Hall–Kier alpha value is -2.95. The average Bonchev–Trinajstić information content (AvgIpc) is 3.01. The fraction of sp³-hybridized carbons (Fsp3) is 0.318. The van der Waals surface area contributed by atoms with E-state index in [1.165, 1.54) is 5.56 Å². The van der Waals surface area contributed by atoms with E-state index in [-0.39, 0.29) is 17.7 Å². The van der Waals surface area contributed by atoms with Crippen molar-refractivity contribution in [3.8, 4) is 11.5 Å². The highest BCUT2D eigenvalue weighted by molar-refractivity contribution is 5.78. The Kier molecular flexibility index (Phi) is 5.40. The van der Waals surface area contributed by atoms with Crippen LogP contribution in [0.1, 0.15) is 43.5 Å². The van der Waals surface area contributed by atoms with E-state index in [4.69, 9.17) is 4.42 Å². The van der Waals surface area contributed by atoms with Crippen molar-refractivity contribution in [3.63, 3.8) is 0 Å². The number of rotatable bonds is 5. The van der Waals surface area contributed by atoms with Gasteiger partial charge in [-0.1, -0.05) is 39.0 Å². The quantitative estimate of drug-likeness (QED) is 0.738. The van der Waals surface area contributed by atoms with Gasteiger partial charge in [0.2, 0.25) is 11.8 Å². The van der Waals surface area contributed by atoms with Gasteiger partial charge in [-0.3, -0.25) is 9.78 Å². The summed E-state index contributed by atoms with van der Waals surface area (Å²) in [5.41, 5.74) is 3.74. The lowest BCUT2D eigenvalue weighted by Gasteiger charge is -2.18. The molecule has 0 radical (unpaired) electrons. The predicted octanol–water partition coefficient (Wildman–Crippen LogP) is 4.20. The number of oxazole rings is 1. The number of nitrogens with zero attached hydrogens (tertiary/aromatic N) is 2. The molecular formula is C22H25N3O2. The lowest BCUT2D eigenvalue weighted by Crippen LogP contribution is -2.25. The Labute approximate surface area is 159 Å². The minimum Gasteiger partial charge on any atom is -0.441 e. The van der Waals surface area contributed by atoms with E-state index in [2.05, 4.69) is 48.2 Å². The molecule has 5 nitrogen and oxygen atoms in total. The number of benzene rings is 1. The molecule has 0 fully saturated rings. The highest BCUT2D eigenvalue weighted by Crippen LogP contribution is 2.27. The van der Waals surface area contributed by atoms with Crippen LogP contribution in [0.5, 0.6) is 0 Å². The van der Waals surface area contributed by atoms with Crippen LogP contribution in [0, 0.1) is 6.92 Å². The topological polar surface area (TPSA) is 68.0 Å². The second-order valence-corrected chi connectivity index (χ2v) is 7.62. The monoisotopic (exact) mass is 363 g/mol. The summed E-state index contributed by atoms with van der Waals surface area (Å²) in [5.74, 6) is 1.10. The van der Waals surface area contributed by atoms with Crippen molar-refractivity contribution in [1.29, 1.82) is 0 Å². The van der Waals surface area contributed by atoms with Gasteiger partial charge in [-0.05, 0) is 42.2 Å². The number of carbonyl (C=O) groups excluding carboxylic acids is 1. The molecule has 1 amide bonds. The number of aryl methyl sites for hydroxylation is 1. The third-order valence-electron chi connectivity index (χ3n) is 4.41.